The van der Waals surface area contributed by atoms with Crippen molar-refractivity contribution in [1.29, 1.82) is 0 Å². The molecule has 0 atom stereocenters. The average Bonchev–Trinajstić information content (AvgIpc) is 3.04. The van der Waals surface area contributed by atoms with Crippen LogP contribution in [0.2, 0.25) is 0 Å². The monoisotopic (exact) mass is 450 g/mol. The number of halogens is 1. The summed E-state index contributed by atoms with van der Waals surface area (Å²) >= 11 is 3.56. The van der Waals surface area contributed by atoms with E-state index in [1.54, 1.807) is 6.07 Å². The fourth-order valence-corrected chi connectivity index (χ4v) is 3.51. The van der Waals surface area contributed by atoms with E-state index in [1.165, 1.54) is 11.3 Å². The maximum atomic E-state index is 12.3. The number of carbonyl (C=O) groups excluding carboxylic acids is 1. The summed E-state index contributed by atoms with van der Waals surface area (Å²) in [5, 5.41) is 5.38. The minimum atomic E-state index is -0.146. The summed E-state index contributed by atoms with van der Waals surface area (Å²) in [6, 6.07) is 15.2. The number of amides is 1. The summed E-state index contributed by atoms with van der Waals surface area (Å²) in [5.41, 5.74) is 2.47. The molecule has 0 fully saturated rings. The van der Waals surface area contributed by atoms with Crippen LogP contribution in [0.1, 0.15) is 17.3 Å². The Balaban J connectivity index is 1.73. The molecule has 3 aromatic rings. The van der Waals surface area contributed by atoms with Crippen LogP contribution in [0.5, 0.6) is 5.75 Å². The number of rotatable bonds is 5. The number of hydrogen-bond donors (Lipinski definition) is 1. The molecule has 0 aliphatic carbocycles. The predicted octanol–water partition coefficient (Wildman–Crippen LogP) is 5.07. The Morgan fingerprint density at radius 1 is 1.21 bits per heavy atom. The molecule has 0 saturated heterocycles. The zero-order chi connectivity index (χ0) is 16.9. The molecule has 24 heavy (non-hydrogen) atoms. The van der Waals surface area contributed by atoms with Crippen LogP contribution in [0.15, 0.2) is 53.9 Å². The van der Waals surface area contributed by atoms with Gasteiger partial charge in [0.05, 0.1) is 17.9 Å². The van der Waals surface area contributed by atoms with Gasteiger partial charge in [-0.05, 0) is 65.9 Å². The number of aromatic nitrogens is 1. The lowest BCUT2D eigenvalue weighted by Crippen LogP contribution is -2.13. The molecule has 0 bridgehead atoms. The van der Waals surface area contributed by atoms with Crippen molar-refractivity contribution in [2.75, 3.05) is 11.9 Å². The zero-order valence-corrected chi connectivity index (χ0v) is 15.9. The lowest BCUT2D eigenvalue weighted by molar-refractivity contribution is 0.102. The molecule has 4 nitrogen and oxygen atoms in total. The van der Waals surface area contributed by atoms with Gasteiger partial charge in [-0.2, -0.15) is 0 Å². The zero-order valence-electron chi connectivity index (χ0n) is 13.0. The standard InChI is InChI=1S/C18H15IN2O2S/c1-2-23-13-9-7-12(8-10-13)16-11-24-18(20-16)21-17(22)14-5-3-4-6-15(14)19/h3-11H,2H2,1H3,(H,20,21,22). The molecule has 122 valence electrons. The van der Waals surface area contributed by atoms with E-state index >= 15 is 0 Å². The lowest BCUT2D eigenvalue weighted by Gasteiger charge is -2.04. The molecule has 1 heterocycles. The first kappa shape index (κ1) is 16.9. The highest BCUT2D eigenvalue weighted by Gasteiger charge is 2.12. The molecule has 3 rings (SSSR count). The first-order valence-corrected chi connectivity index (χ1v) is 9.38. The Bertz CT molecular complexity index is 846. The van der Waals surface area contributed by atoms with Gasteiger partial charge in [-0.15, -0.1) is 11.3 Å². The van der Waals surface area contributed by atoms with E-state index in [-0.39, 0.29) is 5.91 Å². The Hall–Kier alpha value is -1.93. The predicted molar refractivity (Wildman–Crippen MR) is 106 cm³/mol. The molecule has 0 radical (unpaired) electrons. The number of nitrogens with one attached hydrogen (secondary N) is 1. The lowest BCUT2D eigenvalue weighted by atomic mass is 10.2. The van der Waals surface area contributed by atoms with Crippen LogP contribution in [-0.4, -0.2) is 17.5 Å². The van der Waals surface area contributed by atoms with Crippen molar-refractivity contribution in [2.45, 2.75) is 6.92 Å². The quantitative estimate of drug-likeness (QED) is 0.553. The summed E-state index contributed by atoms with van der Waals surface area (Å²) in [4.78, 5) is 16.8. The summed E-state index contributed by atoms with van der Waals surface area (Å²) in [5.74, 6) is 0.691. The van der Waals surface area contributed by atoms with Crippen LogP contribution in [-0.2, 0) is 0 Å². The highest BCUT2D eigenvalue weighted by molar-refractivity contribution is 14.1. The van der Waals surface area contributed by atoms with E-state index < -0.39 is 0 Å². The van der Waals surface area contributed by atoms with Gasteiger partial charge in [0.15, 0.2) is 5.13 Å². The Morgan fingerprint density at radius 3 is 2.67 bits per heavy atom. The third-order valence-electron chi connectivity index (χ3n) is 3.30. The van der Waals surface area contributed by atoms with Crippen LogP contribution in [0.3, 0.4) is 0 Å². The van der Waals surface area contributed by atoms with Crippen molar-refractivity contribution in [2.24, 2.45) is 0 Å². The minimum absolute atomic E-state index is 0.146. The minimum Gasteiger partial charge on any atom is -0.494 e. The summed E-state index contributed by atoms with van der Waals surface area (Å²) in [7, 11) is 0. The maximum absolute atomic E-state index is 12.3. The number of carbonyl (C=O) groups is 1. The van der Waals surface area contributed by atoms with E-state index in [9.17, 15) is 4.79 Å². The smallest absolute Gasteiger partial charge is 0.258 e. The average molecular weight is 450 g/mol. The van der Waals surface area contributed by atoms with Gasteiger partial charge in [-0.1, -0.05) is 12.1 Å². The number of ether oxygens (including phenoxy) is 1. The summed E-state index contributed by atoms with van der Waals surface area (Å²) in [6.45, 7) is 2.60. The van der Waals surface area contributed by atoms with Gasteiger partial charge in [0.1, 0.15) is 5.75 Å². The van der Waals surface area contributed by atoms with Crippen molar-refractivity contribution >= 4 is 45.0 Å². The molecular weight excluding hydrogens is 435 g/mol. The van der Waals surface area contributed by atoms with Crippen molar-refractivity contribution in [1.82, 2.24) is 4.98 Å². The van der Waals surface area contributed by atoms with Gasteiger partial charge in [0.25, 0.3) is 5.91 Å². The van der Waals surface area contributed by atoms with Gasteiger partial charge in [0.2, 0.25) is 0 Å². The first-order valence-electron chi connectivity index (χ1n) is 7.42. The molecule has 0 saturated carbocycles. The SMILES string of the molecule is CCOc1ccc(-c2csc(NC(=O)c3ccccc3I)n2)cc1. The second-order valence-corrected chi connectivity index (χ2v) is 6.95. The Morgan fingerprint density at radius 2 is 1.96 bits per heavy atom. The summed E-state index contributed by atoms with van der Waals surface area (Å²) < 4.78 is 6.35. The number of hydrogen-bond acceptors (Lipinski definition) is 4. The molecule has 1 N–H and O–H groups in total. The topological polar surface area (TPSA) is 51.2 Å². The fraction of sp³-hybridized carbons (Fsp3) is 0.111. The normalized spacial score (nSPS) is 10.4. The van der Waals surface area contributed by atoms with Crippen molar-refractivity contribution in [3.8, 4) is 17.0 Å². The van der Waals surface area contributed by atoms with Gasteiger partial charge in [-0.3, -0.25) is 10.1 Å². The van der Waals surface area contributed by atoms with Gasteiger partial charge >= 0.3 is 0 Å². The molecular formula is C18H15IN2O2S. The molecule has 0 aliphatic heterocycles. The second kappa shape index (κ2) is 7.76. The van der Waals surface area contributed by atoms with Gasteiger partial charge in [-0.25, -0.2) is 4.98 Å². The van der Waals surface area contributed by atoms with E-state index in [0.717, 1.165) is 20.6 Å². The number of nitrogens with zero attached hydrogens (tertiary/aromatic N) is 1. The van der Waals surface area contributed by atoms with Crippen molar-refractivity contribution in [3.05, 3.63) is 63.0 Å². The first-order chi connectivity index (χ1) is 11.7. The number of anilines is 1. The van der Waals surface area contributed by atoms with Crippen LogP contribution in [0, 0.1) is 3.57 Å². The largest absolute Gasteiger partial charge is 0.494 e. The molecule has 6 heteroatoms. The highest BCUT2D eigenvalue weighted by atomic mass is 127. The van der Waals surface area contributed by atoms with E-state index in [4.69, 9.17) is 4.74 Å². The summed E-state index contributed by atoms with van der Waals surface area (Å²) in [6.07, 6.45) is 0. The second-order valence-electron chi connectivity index (χ2n) is 4.93. The molecule has 1 amide bonds. The van der Waals surface area contributed by atoms with Crippen LogP contribution >= 0.6 is 33.9 Å². The fourth-order valence-electron chi connectivity index (χ4n) is 2.16. The Labute approximate surface area is 158 Å². The highest BCUT2D eigenvalue weighted by Crippen LogP contribution is 2.27. The molecule has 2 aromatic carbocycles. The third-order valence-corrected chi connectivity index (χ3v) is 5.00. The van der Waals surface area contributed by atoms with Crippen LogP contribution in [0.25, 0.3) is 11.3 Å². The molecule has 0 aliphatic rings. The van der Waals surface area contributed by atoms with E-state index in [1.807, 2.05) is 54.8 Å². The Kier molecular flexibility index (Phi) is 5.47. The van der Waals surface area contributed by atoms with Crippen LogP contribution < -0.4 is 10.1 Å². The van der Waals surface area contributed by atoms with Gasteiger partial charge < -0.3 is 4.74 Å². The van der Waals surface area contributed by atoms with Gasteiger partial charge in [0, 0.05) is 14.5 Å². The maximum Gasteiger partial charge on any atom is 0.258 e. The van der Waals surface area contributed by atoms with E-state index in [0.29, 0.717) is 17.3 Å². The third kappa shape index (κ3) is 3.93. The number of benzene rings is 2. The van der Waals surface area contributed by atoms with Crippen molar-refractivity contribution in [3.63, 3.8) is 0 Å². The molecule has 1 aromatic heterocycles. The van der Waals surface area contributed by atoms with Crippen molar-refractivity contribution < 1.29 is 9.53 Å². The number of thiazole rings is 1. The van der Waals surface area contributed by atoms with E-state index in [2.05, 4.69) is 32.9 Å². The molecule has 0 spiro atoms. The van der Waals surface area contributed by atoms with Crippen LogP contribution in [0.4, 0.5) is 5.13 Å². The molecule has 0 unspecified atom stereocenters.